The smallest absolute Gasteiger partial charge is 0.251 e. The largest absolute Gasteiger partial charge is 0.349 e. The van der Waals surface area contributed by atoms with Crippen LogP contribution in [0, 0.1) is 20.8 Å². The molecule has 1 fully saturated rings. The summed E-state index contributed by atoms with van der Waals surface area (Å²) in [5.41, 5.74) is 3.37. The van der Waals surface area contributed by atoms with Crippen molar-refractivity contribution in [2.24, 2.45) is 0 Å². The summed E-state index contributed by atoms with van der Waals surface area (Å²) in [5.74, 6) is -0.102. The van der Waals surface area contributed by atoms with Crippen LogP contribution in [0.25, 0.3) is 0 Å². The molecule has 144 valence electrons. The Morgan fingerprint density at radius 1 is 1.00 bits per heavy atom. The molecule has 6 heteroatoms. The van der Waals surface area contributed by atoms with E-state index in [1.54, 1.807) is 12.1 Å². The Kier molecular flexibility index (Phi) is 5.67. The van der Waals surface area contributed by atoms with Crippen molar-refractivity contribution < 1.29 is 13.2 Å². The lowest BCUT2D eigenvalue weighted by atomic mass is 10.1. The van der Waals surface area contributed by atoms with Gasteiger partial charge in [-0.25, -0.2) is 8.42 Å². The van der Waals surface area contributed by atoms with E-state index < -0.39 is 10.0 Å². The van der Waals surface area contributed by atoms with E-state index in [1.165, 1.54) is 4.31 Å². The molecule has 1 aliphatic rings. The highest BCUT2D eigenvalue weighted by Gasteiger charge is 2.31. The molecule has 0 atom stereocenters. The summed E-state index contributed by atoms with van der Waals surface area (Å²) in [6, 6.07) is 13.0. The Labute approximate surface area is 161 Å². The maximum atomic E-state index is 13.0. The second kappa shape index (κ2) is 7.82. The van der Waals surface area contributed by atoms with Crippen molar-refractivity contribution >= 4 is 15.9 Å². The molecular formula is C21H26N2O3S. The van der Waals surface area contributed by atoms with Crippen LogP contribution in [-0.4, -0.2) is 37.8 Å². The summed E-state index contributed by atoms with van der Waals surface area (Å²) < 4.78 is 27.5. The highest BCUT2D eigenvalue weighted by molar-refractivity contribution is 7.89. The molecule has 1 amide bonds. The summed E-state index contributed by atoms with van der Waals surface area (Å²) >= 11 is 0. The van der Waals surface area contributed by atoms with Gasteiger partial charge in [0.15, 0.2) is 0 Å². The Balaban J connectivity index is 1.65. The number of amides is 1. The molecule has 27 heavy (non-hydrogen) atoms. The van der Waals surface area contributed by atoms with Gasteiger partial charge in [-0.15, -0.1) is 0 Å². The summed E-state index contributed by atoms with van der Waals surface area (Å²) in [5, 5.41) is 3.03. The molecule has 1 N–H and O–H groups in total. The van der Waals surface area contributed by atoms with Gasteiger partial charge in [-0.2, -0.15) is 4.31 Å². The summed E-state index contributed by atoms with van der Waals surface area (Å²) in [7, 11) is -3.50. The molecule has 0 bridgehead atoms. The fourth-order valence-electron chi connectivity index (χ4n) is 3.42. The maximum absolute atomic E-state index is 13.0. The van der Waals surface area contributed by atoms with Gasteiger partial charge in [0, 0.05) is 24.7 Å². The Bertz CT molecular complexity index is 946. The first kappa shape index (κ1) is 19.6. The Morgan fingerprint density at radius 2 is 1.67 bits per heavy atom. The van der Waals surface area contributed by atoms with Gasteiger partial charge in [0.2, 0.25) is 10.0 Å². The van der Waals surface area contributed by atoms with Crippen molar-refractivity contribution in [3.8, 4) is 0 Å². The molecule has 0 unspecified atom stereocenters. The molecule has 0 aromatic heterocycles. The van der Waals surface area contributed by atoms with E-state index in [1.807, 2.05) is 51.1 Å². The lowest BCUT2D eigenvalue weighted by molar-refractivity contribution is 0.0923. The number of piperidine rings is 1. The quantitative estimate of drug-likeness (QED) is 0.877. The van der Waals surface area contributed by atoms with E-state index in [-0.39, 0.29) is 11.9 Å². The van der Waals surface area contributed by atoms with Crippen LogP contribution < -0.4 is 5.32 Å². The number of carbonyl (C=O) groups excluding carboxylic acids is 1. The van der Waals surface area contributed by atoms with Crippen LogP contribution in [0.5, 0.6) is 0 Å². The second-order valence-corrected chi connectivity index (χ2v) is 9.20. The van der Waals surface area contributed by atoms with Gasteiger partial charge in [0.25, 0.3) is 5.91 Å². The maximum Gasteiger partial charge on any atom is 0.251 e. The average molecular weight is 387 g/mol. The molecule has 2 aromatic rings. The average Bonchev–Trinajstić information content (AvgIpc) is 2.64. The molecule has 0 radical (unpaired) electrons. The van der Waals surface area contributed by atoms with Crippen LogP contribution in [-0.2, 0) is 10.0 Å². The van der Waals surface area contributed by atoms with Crippen LogP contribution in [0.1, 0.15) is 39.9 Å². The minimum atomic E-state index is -3.50. The molecule has 1 aliphatic heterocycles. The molecule has 1 heterocycles. The van der Waals surface area contributed by atoms with Crippen molar-refractivity contribution in [1.82, 2.24) is 9.62 Å². The number of hydrogen-bond acceptors (Lipinski definition) is 3. The van der Waals surface area contributed by atoms with Crippen LogP contribution >= 0.6 is 0 Å². The van der Waals surface area contributed by atoms with Crippen molar-refractivity contribution in [1.29, 1.82) is 0 Å². The van der Waals surface area contributed by atoms with Gasteiger partial charge in [-0.1, -0.05) is 29.8 Å². The lowest BCUT2D eigenvalue weighted by Gasteiger charge is -2.32. The van der Waals surface area contributed by atoms with Gasteiger partial charge in [-0.05, 0) is 62.9 Å². The molecule has 0 saturated carbocycles. The van der Waals surface area contributed by atoms with Crippen molar-refractivity contribution in [3.63, 3.8) is 0 Å². The van der Waals surface area contributed by atoms with Crippen LogP contribution in [0.3, 0.4) is 0 Å². The number of aryl methyl sites for hydroxylation is 3. The first-order valence-electron chi connectivity index (χ1n) is 9.22. The highest BCUT2D eigenvalue weighted by atomic mass is 32.2. The normalized spacial score (nSPS) is 16.3. The summed E-state index contributed by atoms with van der Waals surface area (Å²) in [4.78, 5) is 12.8. The highest BCUT2D eigenvalue weighted by Crippen LogP contribution is 2.24. The number of sulfonamides is 1. The summed E-state index contributed by atoms with van der Waals surface area (Å²) in [6.07, 6.45) is 1.23. The fraction of sp³-hybridized carbons (Fsp3) is 0.381. The molecule has 2 aromatic carbocycles. The van der Waals surface area contributed by atoms with Crippen molar-refractivity contribution in [2.75, 3.05) is 13.1 Å². The number of nitrogens with zero attached hydrogens (tertiary/aromatic N) is 1. The van der Waals surface area contributed by atoms with E-state index in [4.69, 9.17) is 0 Å². The molecule has 1 saturated heterocycles. The number of carbonyl (C=O) groups is 1. The van der Waals surface area contributed by atoms with Gasteiger partial charge < -0.3 is 5.32 Å². The SMILES string of the molecule is Cc1cccc(C(=O)NC2CCN(S(=O)(=O)c3cc(C)ccc3C)CC2)c1. The first-order chi connectivity index (χ1) is 12.8. The monoisotopic (exact) mass is 386 g/mol. The predicted octanol–water partition coefficient (Wildman–Crippen LogP) is 3.19. The van der Waals surface area contributed by atoms with E-state index >= 15 is 0 Å². The third kappa shape index (κ3) is 4.39. The zero-order chi connectivity index (χ0) is 19.6. The van der Waals surface area contributed by atoms with E-state index in [0.717, 1.165) is 16.7 Å². The van der Waals surface area contributed by atoms with E-state index in [9.17, 15) is 13.2 Å². The lowest BCUT2D eigenvalue weighted by Crippen LogP contribution is -2.46. The van der Waals surface area contributed by atoms with Gasteiger partial charge >= 0.3 is 0 Å². The molecule has 0 aliphatic carbocycles. The predicted molar refractivity (Wildman–Crippen MR) is 106 cm³/mol. The molecule has 3 rings (SSSR count). The van der Waals surface area contributed by atoms with Crippen molar-refractivity contribution in [3.05, 3.63) is 64.7 Å². The molecular weight excluding hydrogens is 360 g/mol. The van der Waals surface area contributed by atoms with Gasteiger partial charge in [0.05, 0.1) is 4.90 Å². The van der Waals surface area contributed by atoms with Crippen LogP contribution in [0.15, 0.2) is 47.4 Å². The third-order valence-electron chi connectivity index (χ3n) is 5.03. The number of benzene rings is 2. The van der Waals surface area contributed by atoms with Gasteiger partial charge in [0.1, 0.15) is 0 Å². The second-order valence-electron chi connectivity index (χ2n) is 7.29. The number of rotatable bonds is 4. The van der Waals surface area contributed by atoms with E-state index in [2.05, 4.69) is 5.32 Å². The fourth-order valence-corrected chi connectivity index (χ4v) is 5.20. The number of nitrogens with one attached hydrogen (secondary N) is 1. The Hall–Kier alpha value is -2.18. The van der Waals surface area contributed by atoms with Gasteiger partial charge in [-0.3, -0.25) is 4.79 Å². The third-order valence-corrected chi connectivity index (χ3v) is 7.07. The van der Waals surface area contributed by atoms with Crippen LogP contribution in [0.4, 0.5) is 0 Å². The Morgan fingerprint density at radius 3 is 2.33 bits per heavy atom. The number of hydrogen-bond donors (Lipinski definition) is 1. The molecule has 0 spiro atoms. The van der Waals surface area contributed by atoms with Crippen molar-refractivity contribution in [2.45, 2.75) is 44.6 Å². The zero-order valence-electron chi connectivity index (χ0n) is 16.0. The topological polar surface area (TPSA) is 66.5 Å². The minimum absolute atomic E-state index is 0.0110. The van der Waals surface area contributed by atoms with Crippen LogP contribution in [0.2, 0.25) is 0 Å². The summed E-state index contributed by atoms with van der Waals surface area (Å²) in [6.45, 7) is 6.49. The zero-order valence-corrected chi connectivity index (χ0v) is 16.8. The minimum Gasteiger partial charge on any atom is -0.349 e. The standard InChI is InChI=1S/C21H26N2O3S/c1-15-5-4-6-18(13-15)21(24)22-19-9-11-23(12-10-19)27(25,26)20-14-16(2)7-8-17(20)3/h4-8,13-14,19H,9-12H2,1-3H3,(H,22,24). The first-order valence-corrected chi connectivity index (χ1v) is 10.7. The van der Waals surface area contributed by atoms with E-state index in [0.29, 0.717) is 36.4 Å². The molecule has 5 nitrogen and oxygen atoms in total.